The zero-order valence-corrected chi connectivity index (χ0v) is 16.8. The molecule has 6 heteroatoms. The van der Waals surface area contributed by atoms with Gasteiger partial charge in [-0.1, -0.05) is 50.1 Å². The molecule has 0 aromatic heterocycles. The van der Waals surface area contributed by atoms with E-state index in [1.54, 1.807) is 6.07 Å². The summed E-state index contributed by atoms with van der Waals surface area (Å²) >= 11 is 7.50. The molecule has 0 radical (unpaired) electrons. The Labute approximate surface area is 164 Å². The molecule has 0 N–H and O–H groups in total. The molecule has 0 saturated carbocycles. The van der Waals surface area contributed by atoms with E-state index in [2.05, 4.69) is 18.8 Å². The van der Waals surface area contributed by atoms with Crippen LogP contribution in [0, 0.1) is 5.39 Å². The molecule has 0 aliphatic rings. The van der Waals surface area contributed by atoms with Crippen LogP contribution in [0.3, 0.4) is 0 Å². The lowest BCUT2D eigenvalue weighted by molar-refractivity contribution is 0.296. The Morgan fingerprint density at radius 1 is 1.00 bits per heavy atom. The standard InChI is InChI=1S/C20H24ClN2O2S/c1-3-5-11-24-16-13-18(23-22)20(25-12-6-4-2)19(14-16)26-17-9-7-15(21)8-10-17/h7-10,13-14H,3-6,11-12H2,1-2H3/q+1. The van der Waals surface area contributed by atoms with Gasteiger partial charge >= 0.3 is 5.69 Å². The van der Waals surface area contributed by atoms with Gasteiger partial charge in [0.15, 0.2) is 4.98 Å². The van der Waals surface area contributed by atoms with Crippen LogP contribution in [0.4, 0.5) is 5.69 Å². The number of rotatable bonds is 10. The first-order chi connectivity index (χ1) is 12.7. The molecule has 4 nitrogen and oxygen atoms in total. The fraction of sp³-hybridized carbons (Fsp3) is 0.400. The normalized spacial score (nSPS) is 10.4. The van der Waals surface area contributed by atoms with Gasteiger partial charge in [-0.15, -0.1) is 0 Å². The summed E-state index contributed by atoms with van der Waals surface area (Å²) in [6.07, 6.45) is 4.00. The molecular formula is C20H24ClN2O2S+. The van der Waals surface area contributed by atoms with Crippen LogP contribution in [-0.4, -0.2) is 13.2 Å². The van der Waals surface area contributed by atoms with E-state index in [9.17, 15) is 5.39 Å². The van der Waals surface area contributed by atoms with Gasteiger partial charge in [0.1, 0.15) is 5.75 Å². The molecule has 0 aliphatic heterocycles. The van der Waals surface area contributed by atoms with Crippen LogP contribution < -0.4 is 9.47 Å². The smallest absolute Gasteiger partial charge is 0.431 e. The maximum Gasteiger partial charge on any atom is 0.431 e. The number of hydrogen-bond acceptors (Lipinski definition) is 4. The van der Waals surface area contributed by atoms with E-state index in [4.69, 9.17) is 21.1 Å². The maximum atomic E-state index is 9.46. The van der Waals surface area contributed by atoms with Crippen molar-refractivity contribution in [2.75, 3.05) is 13.2 Å². The van der Waals surface area contributed by atoms with Crippen LogP contribution >= 0.6 is 23.4 Å². The predicted molar refractivity (Wildman–Crippen MR) is 108 cm³/mol. The number of halogens is 1. The van der Waals surface area contributed by atoms with Crippen molar-refractivity contribution in [2.45, 2.75) is 49.3 Å². The van der Waals surface area contributed by atoms with E-state index in [-0.39, 0.29) is 0 Å². The van der Waals surface area contributed by atoms with Crippen molar-refractivity contribution in [1.29, 1.82) is 5.39 Å². The molecule has 0 saturated heterocycles. The third kappa shape index (κ3) is 6.12. The third-order valence-corrected chi connectivity index (χ3v) is 4.95. The summed E-state index contributed by atoms with van der Waals surface area (Å²) in [7, 11) is 0. The zero-order valence-electron chi connectivity index (χ0n) is 15.2. The van der Waals surface area contributed by atoms with Crippen molar-refractivity contribution in [3.8, 4) is 11.5 Å². The molecule has 0 fully saturated rings. The average Bonchev–Trinajstić information content (AvgIpc) is 2.65. The van der Waals surface area contributed by atoms with Gasteiger partial charge in [-0.05, 0) is 43.2 Å². The maximum absolute atomic E-state index is 9.46. The first kappa shape index (κ1) is 20.4. The zero-order chi connectivity index (χ0) is 18.8. The minimum Gasteiger partial charge on any atom is -0.493 e. The molecule has 0 atom stereocenters. The van der Waals surface area contributed by atoms with Gasteiger partial charge in [0.2, 0.25) is 11.1 Å². The SMILES string of the molecule is CCCCOc1cc([N+]#N)c(OCCCC)c(Sc2ccc(Cl)cc2)c1. The van der Waals surface area contributed by atoms with Crippen molar-refractivity contribution in [1.82, 2.24) is 0 Å². The highest BCUT2D eigenvalue weighted by molar-refractivity contribution is 7.99. The van der Waals surface area contributed by atoms with Crippen molar-refractivity contribution < 1.29 is 9.47 Å². The van der Waals surface area contributed by atoms with E-state index in [0.29, 0.717) is 35.4 Å². The fourth-order valence-electron chi connectivity index (χ4n) is 2.22. The van der Waals surface area contributed by atoms with Gasteiger partial charge in [-0.25, -0.2) is 0 Å². The largest absolute Gasteiger partial charge is 0.493 e. The first-order valence-electron chi connectivity index (χ1n) is 8.90. The monoisotopic (exact) mass is 391 g/mol. The minimum atomic E-state index is 0.381. The van der Waals surface area contributed by atoms with E-state index in [1.807, 2.05) is 30.3 Å². The summed E-state index contributed by atoms with van der Waals surface area (Å²) in [6, 6.07) is 11.2. The predicted octanol–water partition coefficient (Wildman–Crippen LogP) is 7.33. The summed E-state index contributed by atoms with van der Waals surface area (Å²) in [5.74, 6) is 1.24. The molecule has 0 unspecified atom stereocenters. The summed E-state index contributed by atoms with van der Waals surface area (Å²) in [6.45, 7) is 5.42. The van der Waals surface area contributed by atoms with E-state index < -0.39 is 0 Å². The Balaban J connectivity index is 2.32. The van der Waals surface area contributed by atoms with Crippen LogP contribution in [0.5, 0.6) is 11.5 Å². The lowest BCUT2D eigenvalue weighted by atomic mass is 10.2. The highest BCUT2D eigenvalue weighted by Gasteiger charge is 2.23. The number of unbranched alkanes of at least 4 members (excludes halogenated alkanes) is 2. The van der Waals surface area contributed by atoms with Gasteiger partial charge in [0, 0.05) is 9.92 Å². The van der Waals surface area contributed by atoms with Crippen molar-refractivity contribution in [2.24, 2.45) is 0 Å². The molecule has 26 heavy (non-hydrogen) atoms. The molecule has 2 rings (SSSR count). The molecule has 0 bridgehead atoms. The number of nitrogens with zero attached hydrogens (tertiary/aromatic N) is 2. The average molecular weight is 392 g/mol. The minimum absolute atomic E-state index is 0.381. The highest BCUT2D eigenvalue weighted by Crippen LogP contribution is 2.44. The Kier molecular flexibility index (Phi) is 8.60. The summed E-state index contributed by atoms with van der Waals surface area (Å²) in [4.78, 5) is 5.29. The Morgan fingerprint density at radius 3 is 2.27 bits per heavy atom. The second kappa shape index (κ2) is 10.9. The Bertz CT molecular complexity index is 745. The van der Waals surface area contributed by atoms with Gasteiger partial charge in [0.25, 0.3) is 0 Å². The lowest BCUT2D eigenvalue weighted by Crippen LogP contribution is -2.00. The molecule has 2 aromatic carbocycles. The number of hydrogen-bond donors (Lipinski definition) is 0. The van der Waals surface area contributed by atoms with Crippen molar-refractivity contribution >= 4 is 29.1 Å². The molecule has 0 spiro atoms. The van der Waals surface area contributed by atoms with E-state index >= 15 is 0 Å². The molecule has 0 heterocycles. The quantitative estimate of drug-likeness (QED) is 0.314. The summed E-state index contributed by atoms with van der Waals surface area (Å²) in [5, 5.41) is 10.2. The summed E-state index contributed by atoms with van der Waals surface area (Å²) < 4.78 is 11.7. The Morgan fingerprint density at radius 2 is 1.65 bits per heavy atom. The third-order valence-electron chi connectivity index (χ3n) is 3.67. The van der Waals surface area contributed by atoms with Crippen LogP contribution in [0.2, 0.25) is 5.02 Å². The lowest BCUT2D eigenvalue weighted by Gasteiger charge is -2.12. The van der Waals surface area contributed by atoms with Crippen molar-refractivity contribution in [3.63, 3.8) is 0 Å². The molecular weight excluding hydrogens is 368 g/mol. The van der Waals surface area contributed by atoms with Crippen LogP contribution in [0.1, 0.15) is 39.5 Å². The van der Waals surface area contributed by atoms with Crippen LogP contribution in [0.15, 0.2) is 46.2 Å². The molecule has 138 valence electrons. The van der Waals surface area contributed by atoms with Crippen LogP contribution in [0.25, 0.3) is 4.98 Å². The second-order valence-electron chi connectivity index (χ2n) is 5.83. The van der Waals surface area contributed by atoms with Crippen LogP contribution in [-0.2, 0) is 0 Å². The van der Waals surface area contributed by atoms with E-state index in [0.717, 1.165) is 35.5 Å². The second-order valence-corrected chi connectivity index (χ2v) is 7.38. The van der Waals surface area contributed by atoms with Gasteiger partial charge < -0.3 is 9.47 Å². The first-order valence-corrected chi connectivity index (χ1v) is 10.1. The Hall–Kier alpha value is -1.90. The number of benzene rings is 2. The molecule has 0 aliphatic carbocycles. The highest BCUT2D eigenvalue weighted by atomic mass is 35.5. The molecule has 0 amide bonds. The summed E-state index contributed by atoms with van der Waals surface area (Å²) in [5.41, 5.74) is 0.381. The number of ether oxygens (including phenoxy) is 2. The van der Waals surface area contributed by atoms with E-state index in [1.165, 1.54) is 11.8 Å². The van der Waals surface area contributed by atoms with Gasteiger partial charge in [-0.3, -0.25) is 0 Å². The number of diazo groups is 1. The molecule has 2 aromatic rings. The van der Waals surface area contributed by atoms with Gasteiger partial charge in [-0.2, -0.15) is 0 Å². The topological polar surface area (TPSA) is 46.6 Å². The fourth-order valence-corrected chi connectivity index (χ4v) is 3.31. The van der Waals surface area contributed by atoms with Crippen molar-refractivity contribution in [3.05, 3.63) is 46.4 Å². The van der Waals surface area contributed by atoms with Gasteiger partial charge in [0.05, 0.1) is 24.2 Å².